The summed E-state index contributed by atoms with van der Waals surface area (Å²) in [7, 11) is -2.93. The number of rotatable bonds is 1. The smallest absolute Gasteiger partial charge is 0.171 e. The summed E-state index contributed by atoms with van der Waals surface area (Å²) in [4.78, 5) is -0.391. The zero-order chi connectivity index (χ0) is 9.30. The first-order valence-electron chi connectivity index (χ1n) is 2.81. The number of thiol groups is 1. The van der Waals surface area contributed by atoms with Gasteiger partial charge in [-0.1, -0.05) is 11.6 Å². The molecule has 0 aromatic heterocycles. The third-order valence-electron chi connectivity index (χ3n) is 1.19. The first kappa shape index (κ1) is 9.95. The molecule has 0 radical (unpaired) electrons. The minimum atomic E-state index is -2.93. The number of benzene rings is 1. The fourth-order valence-electron chi connectivity index (χ4n) is 0.652. The van der Waals surface area contributed by atoms with Crippen LogP contribution in [0, 0.1) is 5.82 Å². The summed E-state index contributed by atoms with van der Waals surface area (Å²) in [6.45, 7) is 0. The highest BCUT2D eigenvalue weighted by atomic mass is 79.9. The summed E-state index contributed by atoms with van der Waals surface area (Å²) < 4.78 is 34.0. The van der Waals surface area contributed by atoms with Crippen molar-refractivity contribution in [2.75, 3.05) is 0 Å². The second-order valence-corrected chi connectivity index (χ2v) is 4.23. The Bertz CT molecular complexity index is 383. The SMILES string of the molecule is O=[SH](=O)c1cc(Cl)c(Br)cc1F. The average Bonchev–Trinajstić information content (AvgIpc) is 1.96. The van der Waals surface area contributed by atoms with Gasteiger partial charge in [0.15, 0.2) is 10.7 Å². The molecule has 66 valence electrons. The molecule has 0 saturated carbocycles. The summed E-state index contributed by atoms with van der Waals surface area (Å²) in [6.07, 6.45) is 0. The van der Waals surface area contributed by atoms with Crippen molar-refractivity contribution in [3.05, 3.63) is 27.4 Å². The molecule has 0 saturated heterocycles. The minimum absolute atomic E-state index is 0.172. The zero-order valence-electron chi connectivity index (χ0n) is 5.55. The van der Waals surface area contributed by atoms with E-state index in [0.717, 1.165) is 12.1 Å². The topological polar surface area (TPSA) is 34.1 Å². The molecule has 6 heteroatoms. The third kappa shape index (κ3) is 1.97. The maximum Gasteiger partial charge on any atom is 0.171 e. The molecule has 0 spiro atoms. The van der Waals surface area contributed by atoms with Gasteiger partial charge in [-0.25, -0.2) is 12.8 Å². The van der Waals surface area contributed by atoms with Crippen molar-refractivity contribution in [1.29, 1.82) is 0 Å². The second-order valence-electron chi connectivity index (χ2n) is 1.97. The molecule has 0 heterocycles. The van der Waals surface area contributed by atoms with E-state index in [9.17, 15) is 12.8 Å². The Morgan fingerprint density at radius 3 is 2.50 bits per heavy atom. The van der Waals surface area contributed by atoms with Crippen molar-refractivity contribution < 1.29 is 12.8 Å². The van der Waals surface area contributed by atoms with Crippen LogP contribution in [0.15, 0.2) is 21.5 Å². The van der Waals surface area contributed by atoms with Crippen molar-refractivity contribution in [2.45, 2.75) is 4.90 Å². The van der Waals surface area contributed by atoms with Crippen LogP contribution in [0.1, 0.15) is 0 Å². The second kappa shape index (κ2) is 3.72. The van der Waals surface area contributed by atoms with E-state index in [-0.39, 0.29) is 5.02 Å². The van der Waals surface area contributed by atoms with E-state index in [1.54, 1.807) is 0 Å². The van der Waals surface area contributed by atoms with Gasteiger partial charge in [-0.3, -0.25) is 0 Å². The van der Waals surface area contributed by atoms with E-state index < -0.39 is 21.4 Å². The van der Waals surface area contributed by atoms with Crippen molar-refractivity contribution >= 4 is 38.2 Å². The van der Waals surface area contributed by atoms with Crippen LogP contribution >= 0.6 is 27.5 Å². The van der Waals surface area contributed by atoms with Crippen LogP contribution < -0.4 is 0 Å². The highest BCUT2D eigenvalue weighted by Gasteiger charge is 2.08. The van der Waals surface area contributed by atoms with Gasteiger partial charge in [-0.05, 0) is 28.1 Å². The van der Waals surface area contributed by atoms with Crippen LogP contribution in [-0.4, -0.2) is 8.42 Å². The first-order chi connectivity index (χ1) is 5.52. The minimum Gasteiger partial charge on any atom is -0.227 e. The van der Waals surface area contributed by atoms with Crippen molar-refractivity contribution in [3.8, 4) is 0 Å². The molecule has 1 aromatic rings. The van der Waals surface area contributed by atoms with Gasteiger partial charge in [0.05, 0.1) is 5.02 Å². The standard InChI is InChI=1S/C6H3BrClFO2S/c7-3-1-5(9)6(12(10)11)2-4(3)8/h1-2,12H. The lowest BCUT2D eigenvalue weighted by molar-refractivity contribution is 0.578. The highest BCUT2D eigenvalue weighted by Crippen LogP contribution is 2.26. The third-order valence-corrected chi connectivity index (χ3v) is 3.12. The largest absolute Gasteiger partial charge is 0.227 e. The zero-order valence-corrected chi connectivity index (χ0v) is 8.79. The molecule has 0 atom stereocenters. The van der Waals surface area contributed by atoms with Crippen LogP contribution in [0.3, 0.4) is 0 Å². The maximum atomic E-state index is 12.8. The average molecular weight is 274 g/mol. The maximum absolute atomic E-state index is 12.8. The lowest BCUT2D eigenvalue weighted by Crippen LogP contribution is -1.87. The summed E-state index contributed by atoms with van der Waals surface area (Å²) in [5.74, 6) is -0.803. The Morgan fingerprint density at radius 2 is 2.00 bits per heavy atom. The molecule has 0 aliphatic carbocycles. The summed E-state index contributed by atoms with van der Waals surface area (Å²) in [6, 6.07) is 2.08. The number of hydrogen-bond acceptors (Lipinski definition) is 2. The Morgan fingerprint density at radius 1 is 1.42 bits per heavy atom. The fraction of sp³-hybridized carbons (Fsp3) is 0. The molecule has 1 rings (SSSR count). The van der Waals surface area contributed by atoms with Crippen LogP contribution in [0.25, 0.3) is 0 Å². The van der Waals surface area contributed by atoms with Crippen molar-refractivity contribution in [1.82, 2.24) is 0 Å². The summed E-state index contributed by atoms with van der Waals surface area (Å²) in [5.41, 5.74) is 0. The number of halogens is 3. The van der Waals surface area contributed by atoms with Gasteiger partial charge in [-0.2, -0.15) is 0 Å². The van der Waals surface area contributed by atoms with Gasteiger partial charge in [0.1, 0.15) is 10.7 Å². The van der Waals surface area contributed by atoms with E-state index >= 15 is 0 Å². The normalized spacial score (nSPS) is 10.7. The monoisotopic (exact) mass is 272 g/mol. The Hall–Kier alpha value is -0.130. The molecule has 0 aliphatic rings. The summed E-state index contributed by atoms with van der Waals surface area (Å²) in [5, 5.41) is 0.172. The molecule has 0 aliphatic heterocycles. The van der Waals surface area contributed by atoms with Gasteiger partial charge in [0.25, 0.3) is 0 Å². The number of hydrogen-bond donors (Lipinski definition) is 1. The van der Waals surface area contributed by atoms with Gasteiger partial charge in [0, 0.05) is 4.47 Å². The van der Waals surface area contributed by atoms with Gasteiger partial charge >= 0.3 is 0 Å². The molecule has 0 bridgehead atoms. The molecular formula is C6H3BrClFO2S. The first-order valence-corrected chi connectivity index (χ1v) is 5.16. The fourth-order valence-corrected chi connectivity index (χ4v) is 1.68. The van der Waals surface area contributed by atoms with Crippen LogP contribution in [-0.2, 0) is 10.7 Å². The van der Waals surface area contributed by atoms with Crippen molar-refractivity contribution in [2.24, 2.45) is 0 Å². The molecular weight excluding hydrogens is 270 g/mol. The van der Waals surface area contributed by atoms with E-state index in [2.05, 4.69) is 15.9 Å². The predicted octanol–water partition coefficient (Wildman–Crippen LogP) is 2.21. The van der Waals surface area contributed by atoms with E-state index in [1.165, 1.54) is 0 Å². The van der Waals surface area contributed by atoms with E-state index in [4.69, 9.17) is 11.6 Å². The van der Waals surface area contributed by atoms with Gasteiger partial charge in [-0.15, -0.1) is 0 Å². The van der Waals surface area contributed by atoms with Crippen LogP contribution in [0.2, 0.25) is 5.02 Å². The molecule has 0 N–H and O–H groups in total. The molecule has 0 fully saturated rings. The summed E-state index contributed by atoms with van der Waals surface area (Å²) >= 11 is 8.51. The predicted molar refractivity (Wildman–Crippen MR) is 47.7 cm³/mol. The van der Waals surface area contributed by atoms with Crippen molar-refractivity contribution in [3.63, 3.8) is 0 Å². The molecule has 12 heavy (non-hydrogen) atoms. The quantitative estimate of drug-likeness (QED) is 0.629. The van der Waals surface area contributed by atoms with Crippen LogP contribution in [0.4, 0.5) is 4.39 Å². The molecule has 0 amide bonds. The molecule has 1 aromatic carbocycles. The lowest BCUT2D eigenvalue weighted by Gasteiger charge is -1.97. The molecule has 2 nitrogen and oxygen atoms in total. The Kier molecular flexibility index (Phi) is 3.09. The lowest BCUT2D eigenvalue weighted by atomic mass is 10.3. The van der Waals surface area contributed by atoms with E-state index in [0.29, 0.717) is 4.47 Å². The van der Waals surface area contributed by atoms with Gasteiger partial charge < -0.3 is 0 Å². The van der Waals surface area contributed by atoms with Crippen LogP contribution in [0.5, 0.6) is 0 Å². The Balaban J connectivity index is 3.43. The Labute approximate surface area is 83.4 Å². The highest BCUT2D eigenvalue weighted by molar-refractivity contribution is 9.10. The molecule has 0 unspecified atom stereocenters. The van der Waals surface area contributed by atoms with E-state index in [1.807, 2.05) is 0 Å². The van der Waals surface area contributed by atoms with Gasteiger partial charge in [0.2, 0.25) is 0 Å².